The fourth-order valence-electron chi connectivity index (χ4n) is 0.826. The molecule has 1 rings (SSSR count). The number of hydrogen-bond donors (Lipinski definition) is 1. The molecule has 0 fully saturated rings. The van der Waals surface area contributed by atoms with E-state index in [-0.39, 0.29) is 6.04 Å². The smallest absolute Gasteiger partial charge is 0.143 e. The van der Waals surface area contributed by atoms with Crippen molar-refractivity contribution in [3.8, 4) is 0 Å². The van der Waals surface area contributed by atoms with Crippen LogP contribution < -0.4 is 5.32 Å². The lowest BCUT2D eigenvalue weighted by Gasteiger charge is -2.07. The Kier molecular flexibility index (Phi) is 2.01. The van der Waals surface area contributed by atoms with E-state index in [4.69, 9.17) is 0 Å². The van der Waals surface area contributed by atoms with Gasteiger partial charge in [0.1, 0.15) is 12.2 Å². The van der Waals surface area contributed by atoms with Crippen LogP contribution in [0.3, 0.4) is 0 Å². The highest BCUT2D eigenvalue weighted by molar-refractivity contribution is 4.90. The van der Waals surface area contributed by atoms with Gasteiger partial charge in [-0.15, -0.1) is 0 Å². The molecule has 1 heterocycles. The van der Waals surface area contributed by atoms with Gasteiger partial charge >= 0.3 is 0 Å². The van der Waals surface area contributed by atoms with E-state index in [1.807, 2.05) is 21.0 Å². The predicted molar refractivity (Wildman–Crippen MR) is 38.5 cm³/mol. The highest BCUT2D eigenvalue weighted by atomic mass is 15.3. The standard InChI is InChI=1S/C6H12N4/c1-5(7-2)6-8-4-9-10(6)3/h4-5,7H,1-3H3. The van der Waals surface area contributed by atoms with Crippen LogP contribution in [0.15, 0.2) is 6.33 Å². The summed E-state index contributed by atoms with van der Waals surface area (Å²) < 4.78 is 1.77. The van der Waals surface area contributed by atoms with E-state index in [1.54, 1.807) is 11.0 Å². The summed E-state index contributed by atoms with van der Waals surface area (Å²) >= 11 is 0. The summed E-state index contributed by atoms with van der Waals surface area (Å²) in [5.41, 5.74) is 0. The number of aryl methyl sites for hydroxylation is 1. The van der Waals surface area contributed by atoms with Crippen LogP contribution in [-0.4, -0.2) is 21.8 Å². The summed E-state index contributed by atoms with van der Waals surface area (Å²) in [4.78, 5) is 4.08. The molecule has 1 aromatic rings. The van der Waals surface area contributed by atoms with Gasteiger partial charge in [-0.2, -0.15) is 5.10 Å². The molecular formula is C6H12N4. The van der Waals surface area contributed by atoms with Crippen molar-refractivity contribution in [2.75, 3.05) is 7.05 Å². The quantitative estimate of drug-likeness (QED) is 0.633. The van der Waals surface area contributed by atoms with Crippen LogP contribution in [0.2, 0.25) is 0 Å². The number of aromatic nitrogens is 3. The zero-order valence-corrected chi connectivity index (χ0v) is 6.50. The predicted octanol–water partition coefficient (Wildman–Crippen LogP) is 0.0955. The Hall–Kier alpha value is -0.900. The fourth-order valence-corrected chi connectivity index (χ4v) is 0.826. The molecule has 0 aromatic carbocycles. The molecule has 0 aliphatic rings. The molecule has 0 saturated heterocycles. The third kappa shape index (κ3) is 1.16. The number of nitrogens with zero attached hydrogens (tertiary/aromatic N) is 3. The number of rotatable bonds is 2. The minimum Gasteiger partial charge on any atom is -0.311 e. The van der Waals surface area contributed by atoms with Crippen LogP contribution in [0, 0.1) is 0 Å². The average Bonchev–Trinajstić information content (AvgIpc) is 2.34. The molecule has 1 N–H and O–H groups in total. The Labute approximate surface area is 60.3 Å². The molecule has 10 heavy (non-hydrogen) atoms. The van der Waals surface area contributed by atoms with Gasteiger partial charge in [0, 0.05) is 7.05 Å². The van der Waals surface area contributed by atoms with Gasteiger partial charge in [0.15, 0.2) is 0 Å². The SMILES string of the molecule is CNC(C)c1ncnn1C. The van der Waals surface area contributed by atoms with Crippen LogP contribution in [0.5, 0.6) is 0 Å². The van der Waals surface area contributed by atoms with Crippen molar-refractivity contribution >= 4 is 0 Å². The van der Waals surface area contributed by atoms with Crippen molar-refractivity contribution in [1.29, 1.82) is 0 Å². The molecule has 1 aromatic heterocycles. The third-order valence-corrected chi connectivity index (χ3v) is 1.57. The monoisotopic (exact) mass is 140 g/mol. The van der Waals surface area contributed by atoms with E-state index in [9.17, 15) is 0 Å². The van der Waals surface area contributed by atoms with E-state index in [0.717, 1.165) is 5.82 Å². The highest BCUT2D eigenvalue weighted by Gasteiger charge is 2.06. The first-order valence-electron chi connectivity index (χ1n) is 3.27. The Morgan fingerprint density at radius 3 is 2.80 bits per heavy atom. The van der Waals surface area contributed by atoms with Crippen LogP contribution in [0.4, 0.5) is 0 Å². The molecule has 0 saturated carbocycles. The van der Waals surface area contributed by atoms with Crippen molar-refractivity contribution in [3.63, 3.8) is 0 Å². The van der Waals surface area contributed by atoms with Crippen LogP contribution in [-0.2, 0) is 7.05 Å². The van der Waals surface area contributed by atoms with Crippen LogP contribution in [0.25, 0.3) is 0 Å². The van der Waals surface area contributed by atoms with E-state index in [0.29, 0.717) is 0 Å². The van der Waals surface area contributed by atoms with Crippen LogP contribution in [0.1, 0.15) is 18.8 Å². The van der Waals surface area contributed by atoms with Crippen molar-refractivity contribution in [1.82, 2.24) is 20.1 Å². The van der Waals surface area contributed by atoms with Crippen molar-refractivity contribution < 1.29 is 0 Å². The Bertz CT molecular complexity index is 205. The highest BCUT2D eigenvalue weighted by Crippen LogP contribution is 2.04. The number of nitrogens with one attached hydrogen (secondary N) is 1. The minimum atomic E-state index is 0.271. The summed E-state index contributed by atoms with van der Waals surface area (Å²) in [5, 5.41) is 7.04. The maximum absolute atomic E-state index is 4.08. The summed E-state index contributed by atoms with van der Waals surface area (Å²) in [6.07, 6.45) is 1.56. The van der Waals surface area contributed by atoms with Gasteiger partial charge in [-0.05, 0) is 14.0 Å². The summed E-state index contributed by atoms with van der Waals surface area (Å²) in [6.45, 7) is 2.05. The maximum Gasteiger partial charge on any atom is 0.143 e. The first-order chi connectivity index (χ1) is 4.75. The lowest BCUT2D eigenvalue weighted by molar-refractivity contribution is 0.564. The largest absolute Gasteiger partial charge is 0.311 e. The molecule has 0 spiro atoms. The molecule has 0 aliphatic heterocycles. The topological polar surface area (TPSA) is 42.7 Å². The number of hydrogen-bond acceptors (Lipinski definition) is 3. The molecule has 4 heteroatoms. The molecular weight excluding hydrogens is 128 g/mol. The van der Waals surface area contributed by atoms with Crippen molar-refractivity contribution in [3.05, 3.63) is 12.2 Å². The molecule has 0 radical (unpaired) electrons. The van der Waals surface area contributed by atoms with Crippen LogP contribution >= 0.6 is 0 Å². The third-order valence-electron chi connectivity index (χ3n) is 1.57. The second kappa shape index (κ2) is 2.79. The van der Waals surface area contributed by atoms with E-state index in [2.05, 4.69) is 15.4 Å². The molecule has 4 nitrogen and oxygen atoms in total. The zero-order valence-electron chi connectivity index (χ0n) is 6.50. The Balaban J connectivity index is 2.82. The minimum absolute atomic E-state index is 0.271. The van der Waals surface area contributed by atoms with Gasteiger partial charge < -0.3 is 5.32 Å². The Morgan fingerprint density at radius 2 is 2.40 bits per heavy atom. The molecule has 1 unspecified atom stereocenters. The molecule has 56 valence electrons. The fraction of sp³-hybridized carbons (Fsp3) is 0.667. The van der Waals surface area contributed by atoms with Crippen molar-refractivity contribution in [2.24, 2.45) is 7.05 Å². The van der Waals surface area contributed by atoms with Gasteiger partial charge in [-0.3, -0.25) is 4.68 Å². The second-order valence-electron chi connectivity index (χ2n) is 2.25. The normalized spacial score (nSPS) is 13.5. The molecule has 0 bridgehead atoms. The lowest BCUT2D eigenvalue weighted by atomic mass is 10.3. The lowest BCUT2D eigenvalue weighted by Crippen LogP contribution is -2.16. The summed E-state index contributed by atoms with van der Waals surface area (Å²) in [5.74, 6) is 0.961. The van der Waals surface area contributed by atoms with E-state index < -0.39 is 0 Å². The van der Waals surface area contributed by atoms with Gasteiger partial charge in [0.05, 0.1) is 6.04 Å². The van der Waals surface area contributed by atoms with Crippen molar-refractivity contribution in [2.45, 2.75) is 13.0 Å². The Morgan fingerprint density at radius 1 is 1.70 bits per heavy atom. The first-order valence-corrected chi connectivity index (χ1v) is 3.27. The molecule has 0 aliphatic carbocycles. The molecule has 1 atom stereocenters. The summed E-state index contributed by atoms with van der Waals surface area (Å²) in [7, 11) is 3.79. The van der Waals surface area contributed by atoms with E-state index >= 15 is 0 Å². The van der Waals surface area contributed by atoms with E-state index in [1.165, 1.54) is 0 Å². The second-order valence-corrected chi connectivity index (χ2v) is 2.25. The maximum atomic E-state index is 4.08. The average molecular weight is 140 g/mol. The van der Waals surface area contributed by atoms with Gasteiger partial charge in [0.2, 0.25) is 0 Å². The van der Waals surface area contributed by atoms with Gasteiger partial charge in [-0.25, -0.2) is 4.98 Å². The summed E-state index contributed by atoms with van der Waals surface area (Å²) in [6, 6.07) is 0.271. The van der Waals surface area contributed by atoms with Gasteiger partial charge in [0.25, 0.3) is 0 Å². The van der Waals surface area contributed by atoms with Gasteiger partial charge in [-0.1, -0.05) is 0 Å². The zero-order chi connectivity index (χ0) is 7.56. The molecule has 0 amide bonds. The first kappa shape index (κ1) is 7.21.